The van der Waals surface area contributed by atoms with Crippen LogP contribution in [0.25, 0.3) is 22.0 Å². The molecule has 3 heterocycles. The van der Waals surface area contributed by atoms with E-state index in [0.29, 0.717) is 40.1 Å². The summed E-state index contributed by atoms with van der Waals surface area (Å²) in [6.45, 7) is 1.77. The Kier molecular flexibility index (Phi) is 9.59. The van der Waals surface area contributed by atoms with Crippen LogP contribution in [-0.2, 0) is 47.1 Å². The molecular formula is C39H35F7N8O4S. The number of rotatable bonds is 11. The number of benzene rings is 2. The molecule has 4 N–H and O–H groups in total. The molecule has 8 rings (SSSR count). The van der Waals surface area contributed by atoms with E-state index in [1.54, 1.807) is 31.3 Å². The number of amides is 1. The van der Waals surface area contributed by atoms with Crippen LogP contribution in [0.4, 0.5) is 36.6 Å². The standard InChI is InChI=1S/C39H35F7N8O4S/c1-37(2,56)12-11-22-9-10-24(25-5-4-6-26-33(25)53(3)50-36(26)52-59(57,58)51-23-7-8-23)32(47-22)29(15-19-13-20(40)16-21(41)14-19)48-30(55)18-54-35-31(34(49-54)39(44,45)46)27-17-28(27)38(35,42)43/h4-6,9-10,13-14,16,23,27-29,51,56H,7-8,15,17-18H2,1-3H3,(H,48,55)(H,50,52)/t27-,28+,29-/m0/s1. The number of halogens is 7. The number of hydrogen-bond acceptors (Lipinski definition) is 7. The zero-order valence-corrected chi connectivity index (χ0v) is 32.2. The highest BCUT2D eigenvalue weighted by atomic mass is 32.2. The second-order valence-corrected chi connectivity index (χ2v) is 17.0. The minimum Gasteiger partial charge on any atom is -0.378 e. The Bertz CT molecular complexity index is 2690. The highest BCUT2D eigenvalue weighted by Crippen LogP contribution is 2.68. The molecule has 2 aromatic carbocycles. The largest absolute Gasteiger partial charge is 0.435 e. The third kappa shape index (κ3) is 8.10. The normalized spacial score (nSPS) is 18.8. The number of fused-ring (bicyclic) bond motifs is 4. The summed E-state index contributed by atoms with van der Waals surface area (Å²) in [7, 11) is -2.47. The third-order valence-electron chi connectivity index (χ3n) is 10.2. The molecule has 3 aliphatic carbocycles. The topological polar surface area (TPSA) is 156 Å². The first-order valence-corrected chi connectivity index (χ1v) is 19.9. The van der Waals surface area contributed by atoms with Crippen molar-refractivity contribution in [2.24, 2.45) is 13.0 Å². The number of nitrogens with zero attached hydrogens (tertiary/aromatic N) is 5. The highest BCUT2D eigenvalue weighted by molar-refractivity contribution is 7.90. The van der Waals surface area contributed by atoms with Gasteiger partial charge in [0.05, 0.1) is 17.3 Å². The van der Waals surface area contributed by atoms with E-state index in [-0.39, 0.29) is 47.2 Å². The maximum Gasteiger partial charge on any atom is 0.435 e. The first-order valence-electron chi connectivity index (χ1n) is 18.4. The minimum absolute atomic E-state index is 0.00467. The number of alkyl halides is 5. The van der Waals surface area contributed by atoms with Crippen LogP contribution in [0.15, 0.2) is 48.5 Å². The van der Waals surface area contributed by atoms with Crippen LogP contribution < -0.4 is 14.8 Å². The van der Waals surface area contributed by atoms with Gasteiger partial charge in [-0.3, -0.25) is 18.9 Å². The zero-order valence-electron chi connectivity index (χ0n) is 31.4. The monoisotopic (exact) mass is 844 g/mol. The van der Waals surface area contributed by atoms with Gasteiger partial charge in [-0.25, -0.2) is 13.8 Å². The van der Waals surface area contributed by atoms with Crippen LogP contribution in [0.1, 0.15) is 79.0 Å². The Balaban J connectivity index is 1.25. The number of aliphatic hydroxyl groups is 1. The Morgan fingerprint density at radius 2 is 1.76 bits per heavy atom. The number of carbonyl (C=O) groups is 1. The van der Waals surface area contributed by atoms with Crippen molar-refractivity contribution < 1.29 is 49.1 Å². The van der Waals surface area contributed by atoms with E-state index >= 15 is 8.78 Å². The number of aromatic nitrogens is 5. The van der Waals surface area contributed by atoms with Gasteiger partial charge in [0.2, 0.25) is 5.91 Å². The maximum absolute atomic E-state index is 15.4. The minimum atomic E-state index is -5.08. The average molecular weight is 845 g/mol. The Morgan fingerprint density at radius 1 is 1.05 bits per heavy atom. The molecule has 0 radical (unpaired) electrons. The Hall–Kier alpha value is -5.52. The zero-order chi connectivity index (χ0) is 42.4. The van der Waals surface area contributed by atoms with E-state index in [4.69, 9.17) is 4.98 Å². The fourth-order valence-corrected chi connectivity index (χ4v) is 8.75. The number of pyridine rings is 1. The Labute approximate surface area is 332 Å². The second kappa shape index (κ2) is 14.1. The lowest BCUT2D eigenvalue weighted by atomic mass is 9.93. The van der Waals surface area contributed by atoms with E-state index in [1.165, 1.54) is 24.6 Å². The van der Waals surface area contributed by atoms with Crippen molar-refractivity contribution in [2.45, 2.75) is 81.8 Å². The molecule has 5 aromatic rings. The summed E-state index contributed by atoms with van der Waals surface area (Å²) in [5.41, 5.74) is -3.49. The van der Waals surface area contributed by atoms with Gasteiger partial charge in [-0.2, -0.15) is 45.3 Å². The Morgan fingerprint density at radius 3 is 2.42 bits per heavy atom. The number of anilines is 1. The first kappa shape index (κ1) is 40.3. The van der Waals surface area contributed by atoms with Gasteiger partial charge < -0.3 is 10.4 Å². The molecule has 0 saturated heterocycles. The second-order valence-electron chi connectivity index (χ2n) is 15.5. The molecule has 0 bridgehead atoms. The summed E-state index contributed by atoms with van der Waals surface area (Å²) < 4.78 is 135. The molecule has 3 aromatic heterocycles. The van der Waals surface area contributed by atoms with Gasteiger partial charge in [-0.05, 0) is 87.3 Å². The van der Waals surface area contributed by atoms with E-state index in [9.17, 15) is 40.3 Å². The van der Waals surface area contributed by atoms with Crippen LogP contribution >= 0.6 is 0 Å². The van der Waals surface area contributed by atoms with E-state index in [0.717, 1.165) is 12.1 Å². The van der Waals surface area contributed by atoms with Crippen LogP contribution in [0, 0.1) is 29.4 Å². The maximum atomic E-state index is 15.4. The SMILES string of the molecule is Cn1nc(NS(=O)(=O)NC2CC2)c2cccc(-c3ccc(C#CC(C)(C)O)nc3[C@H](Cc3cc(F)cc(F)c3)NC(=O)Cn3nc(C(F)(F)F)c4c3C(F)(F)[C@@H]3C[C@H]43)c21. The molecule has 2 saturated carbocycles. The lowest BCUT2D eigenvalue weighted by molar-refractivity contribution is -0.142. The quantitative estimate of drug-likeness (QED) is 0.0944. The van der Waals surface area contributed by atoms with Crippen molar-refractivity contribution in [3.8, 4) is 23.0 Å². The fourth-order valence-electron chi connectivity index (χ4n) is 7.61. The molecule has 2 fully saturated rings. The molecule has 20 heteroatoms. The first-order chi connectivity index (χ1) is 27.6. The van der Waals surface area contributed by atoms with Gasteiger partial charge in [0.1, 0.15) is 35.2 Å². The van der Waals surface area contributed by atoms with Gasteiger partial charge in [0, 0.05) is 47.2 Å². The van der Waals surface area contributed by atoms with Crippen LogP contribution in [0.3, 0.4) is 0 Å². The molecule has 59 heavy (non-hydrogen) atoms. The van der Waals surface area contributed by atoms with Crippen molar-refractivity contribution in [1.29, 1.82) is 0 Å². The molecule has 0 spiro atoms. The van der Waals surface area contributed by atoms with Crippen LogP contribution in [0.2, 0.25) is 0 Å². The average Bonchev–Trinajstić information content (AvgIpc) is 4.03. The van der Waals surface area contributed by atoms with Crippen LogP contribution in [-0.4, -0.2) is 55.6 Å². The lowest BCUT2D eigenvalue weighted by Gasteiger charge is -2.23. The highest BCUT2D eigenvalue weighted by Gasteiger charge is 2.68. The van der Waals surface area contributed by atoms with Gasteiger partial charge in [-0.1, -0.05) is 18.1 Å². The molecule has 3 aliphatic rings. The van der Waals surface area contributed by atoms with Crippen LogP contribution in [0.5, 0.6) is 0 Å². The van der Waals surface area contributed by atoms with Crippen molar-refractivity contribution in [3.05, 3.63) is 94.1 Å². The molecule has 0 unspecified atom stereocenters. The van der Waals surface area contributed by atoms with E-state index < -0.39 is 86.8 Å². The number of aryl methyl sites for hydroxylation is 1. The number of carbonyl (C=O) groups excluding carboxylic acids is 1. The molecule has 12 nitrogen and oxygen atoms in total. The number of nitrogens with one attached hydrogen (secondary N) is 3. The summed E-state index contributed by atoms with van der Waals surface area (Å²) in [4.78, 5) is 18.6. The van der Waals surface area contributed by atoms with Crippen molar-refractivity contribution >= 4 is 32.8 Å². The predicted octanol–water partition coefficient (Wildman–Crippen LogP) is 5.97. The molecule has 310 valence electrons. The van der Waals surface area contributed by atoms with Gasteiger partial charge in [0.15, 0.2) is 11.5 Å². The molecule has 0 aliphatic heterocycles. The summed E-state index contributed by atoms with van der Waals surface area (Å²) >= 11 is 0. The summed E-state index contributed by atoms with van der Waals surface area (Å²) in [5.74, 6) is -3.71. The molecule has 3 atom stereocenters. The van der Waals surface area contributed by atoms with E-state index in [1.807, 2.05) is 0 Å². The molecular weight excluding hydrogens is 810 g/mol. The van der Waals surface area contributed by atoms with Crippen molar-refractivity contribution in [3.63, 3.8) is 0 Å². The van der Waals surface area contributed by atoms with Crippen molar-refractivity contribution in [1.82, 2.24) is 34.6 Å². The predicted molar refractivity (Wildman–Crippen MR) is 199 cm³/mol. The summed E-state index contributed by atoms with van der Waals surface area (Å²) in [6, 6.07) is 8.98. The summed E-state index contributed by atoms with van der Waals surface area (Å²) in [6.07, 6.45) is -4.24. The number of hydrogen-bond donors (Lipinski definition) is 4. The summed E-state index contributed by atoms with van der Waals surface area (Å²) in [5, 5.41) is 21.2. The molecule has 1 amide bonds. The van der Waals surface area contributed by atoms with Gasteiger partial charge in [-0.15, -0.1) is 0 Å². The lowest BCUT2D eigenvalue weighted by Crippen LogP contribution is -2.35. The third-order valence-corrected chi connectivity index (χ3v) is 11.3. The smallest absolute Gasteiger partial charge is 0.378 e. The van der Waals surface area contributed by atoms with E-state index in [2.05, 4.69) is 36.8 Å². The van der Waals surface area contributed by atoms with Gasteiger partial charge in [0.25, 0.3) is 5.92 Å². The van der Waals surface area contributed by atoms with Gasteiger partial charge >= 0.3 is 16.4 Å². The fraction of sp³-hybridized carbons (Fsp3) is 0.385. The van der Waals surface area contributed by atoms with Crippen molar-refractivity contribution in [2.75, 3.05) is 4.72 Å². The number of para-hydroxylation sites is 1.